The second-order valence-electron chi connectivity index (χ2n) is 6.54. The topological polar surface area (TPSA) is 47.6 Å². The Labute approximate surface area is 176 Å². The van der Waals surface area contributed by atoms with E-state index in [1.807, 2.05) is 48.5 Å². The number of methoxy groups -OCH3 is 2. The molecule has 150 valence electrons. The summed E-state index contributed by atoms with van der Waals surface area (Å²) in [4.78, 5) is 13.5. The summed E-state index contributed by atoms with van der Waals surface area (Å²) in [5.74, 6) is 2.25. The van der Waals surface area contributed by atoms with Crippen molar-refractivity contribution in [2.45, 2.75) is 23.5 Å². The maximum absolute atomic E-state index is 12.3. The van der Waals surface area contributed by atoms with Gasteiger partial charge in [0.2, 0.25) is 5.91 Å². The summed E-state index contributed by atoms with van der Waals surface area (Å²) in [6.45, 7) is 0. The van der Waals surface area contributed by atoms with Crippen molar-refractivity contribution in [1.29, 1.82) is 0 Å². The highest BCUT2D eigenvalue weighted by atomic mass is 32.2. The van der Waals surface area contributed by atoms with Gasteiger partial charge in [-0.1, -0.05) is 36.4 Å². The third-order valence-electron chi connectivity index (χ3n) is 4.48. The molecule has 0 aliphatic carbocycles. The molecule has 5 heteroatoms. The van der Waals surface area contributed by atoms with Crippen LogP contribution in [0.1, 0.15) is 17.5 Å². The van der Waals surface area contributed by atoms with Crippen LogP contribution >= 0.6 is 11.8 Å². The van der Waals surface area contributed by atoms with Crippen LogP contribution < -0.4 is 14.8 Å². The lowest BCUT2D eigenvalue weighted by atomic mass is 10.1. The fourth-order valence-corrected chi connectivity index (χ4v) is 3.76. The van der Waals surface area contributed by atoms with Crippen LogP contribution in [0.4, 0.5) is 5.69 Å². The molecule has 0 bridgehead atoms. The number of rotatable bonds is 9. The van der Waals surface area contributed by atoms with Crippen LogP contribution in [0.2, 0.25) is 0 Å². The van der Waals surface area contributed by atoms with Crippen molar-refractivity contribution in [3.8, 4) is 11.5 Å². The van der Waals surface area contributed by atoms with Gasteiger partial charge in [-0.25, -0.2) is 0 Å². The Hall–Kier alpha value is -2.92. The molecular formula is C24H25NO3S. The first-order valence-corrected chi connectivity index (χ1v) is 10.4. The molecule has 0 aliphatic rings. The summed E-state index contributed by atoms with van der Waals surface area (Å²) in [7, 11) is 3.22. The number of ether oxygens (including phenoxy) is 2. The van der Waals surface area contributed by atoms with E-state index in [-0.39, 0.29) is 5.91 Å². The molecule has 0 saturated carbocycles. The molecule has 1 N–H and O–H groups in total. The summed E-state index contributed by atoms with van der Waals surface area (Å²) in [5.41, 5.74) is 3.07. The first-order chi connectivity index (χ1) is 14.2. The minimum atomic E-state index is -0.00815. The van der Waals surface area contributed by atoms with Crippen molar-refractivity contribution in [2.75, 3.05) is 19.5 Å². The lowest BCUT2D eigenvalue weighted by molar-refractivity contribution is -0.116. The number of amides is 1. The van der Waals surface area contributed by atoms with E-state index in [0.717, 1.165) is 17.0 Å². The monoisotopic (exact) mass is 407 g/mol. The highest BCUT2D eigenvalue weighted by Gasteiger charge is 2.07. The molecule has 0 spiro atoms. The third-order valence-corrected chi connectivity index (χ3v) is 5.56. The standard InChI is InChI=1S/C24H25NO3S/c1-27-22-14-10-18(16-23(22)28-2)11-15-24(26)25-20-12-8-19(9-13-20)17-29-21-6-4-3-5-7-21/h3-10,12-14,16H,11,15,17H2,1-2H3,(H,25,26). The molecule has 0 aromatic heterocycles. The van der Waals surface area contributed by atoms with Gasteiger partial charge in [0.15, 0.2) is 11.5 Å². The highest BCUT2D eigenvalue weighted by Crippen LogP contribution is 2.28. The lowest BCUT2D eigenvalue weighted by Gasteiger charge is -2.10. The summed E-state index contributed by atoms with van der Waals surface area (Å²) in [6.07, 6.45) is 1.04. The molecule has 1 amide bonds. The van der Waals surface area contributed by atoms with Crippen molar-refractivity contribution in [3.63, 3.8) is 0 Å². The summed E-state index contributed by atoms with van der Waals surface area (Å²) in [6, 6.07) is 24.1. The highest BCUT2D eigenvalue weighted by molar-refractivity contribution is 7.98. The Balaban J connectivity index is 1.48. The number of thioether (sulfide) groups is 1. The second-order valence-corrected chi connectivity index (χ2v) is 7.58. The average Bonchev–Trinajstić information content (AvgIpc) is 2.77. The Kier molecular flexibility index (Phi) is 7.59. The molecule has 0 saturated heterocycles. The third kappa shape index (κ3) is 6.29. The molecule has 0 unspecified atom stereocenters. The Morgan fingerprint density at radius 1 is 0.862 bits per heavy atom. The van der Waals surface area contributed by atoms with Crippen LogP contribution in [0, 0.1) is 0 Å². The van der Waals surface area contributed by atoms with E-state index in [1.165, 1.54) is 10.5 Å². The number of carbonyl (C=O) groups excluding carboxylic acids is 1. The van der Waals surface area contributed by atoms with Gasteiger partial charge < -0.3 is 14.8 Å². The van der Waals surface area contributed by atoms with Gasteiger partial charge >= 0.3 is 0 Å². The van der Waals surface area contributed by atoms with Gasteiger partial charge in [0.1, 0.15) is 0 Å². The molecular weight excluding hydrogens is 382 g/mol. The Bertz CT molecular complexity index is 927. The zero-order valence-corrected chi connectivity index (χ0v) is 17.5. The van der Waals surface area contributed by atoms with E-state index < -0.39 is 0 Å². The van der Waals surface area contributed by atoms with Gasteiger partial charge in [0.25, 0.3) is 0 Å². The minimum Gasteiger partial charge on any atom is -0.493 e. The second kappa shape index (κ2) is 10.6. The van der Waals surface area contributed by atoms with Gasteiger partial charge in [-0.3, -0.25) is 4.79 Å². The van der Waals surface area contributed by atoms with E-state index in [9.17, 15) is 4.79 Å². The molecule has 0 atom stereocenters. The number of hydrogen-bond donors (Lipinski definition) is 1. The first kappa shape index (κ1) is 20.8. The van der Waals surface area contributed by atoms with E-state index in [0.29, 0.717) is 24.3 Å². The van der Waals surface area contributed by atoms with Gasteiger partial charge in [-0.2, -0.15) is 0 Å². The Morgan fingerprint density at radius 2 is 1.55 bits per heavy atom. The van der Waals surface area contributed by atoms with Gasteiger partial charge in [-0.15, -0.1) is 11.8 Å². The van der Waals surface area contributed by atoms with Crippen LogP contribution in [0.5, 0.6) is 11.5 Å². The molecule has 0 aliphatic heterocycles. The van der Waals surface area contributed by atoms with Crippen molar-refractivity contribution < 1.29 is 14.3 Å². The largest absolute Gasteiger partial charge is 0.493 e. The van der Waals surface area contributed by atoms with Crippen molar-refractivity contribution in [1.82, 2.24) is 0 Å². The zero-order valence-electron chi connectivity index (χ0n) is 16.7. The molecule has 3 rings (SSSR count). The van der Waals surface area contributed by atoms with Gasteiger partial charge in [0, 0.05) is 22.8 Å². The molecule has 4 nitrogen and oxygen atoms in total. The molecule has 3 aromatic carbocycles. The Morgan fingerprint density at radius 3 is 2.24 bits per heavy atom. The summed E-state index contributed by atoms with van der Waals surface area (Å²) in [5, 5.41) is 2.96. The van der Waals surface area contributed by atoms with Gasteiger partial charge in [0.05, 0.1) is 14.2 Å². The number of nitrogens with one attached hydrogen (secondary N) is 1. The van der Waals surface area contributed by atoms with E-state index in [1.54, 1.807) is 26.0 Å². The average molecular weight is 408 g/mol. The van der Waals surface area contributed by atoms with Crippen LogP contribution in [-0.2, 0) is 17.0 Å². The maximum Gasteiger partial charge on any atom is 0.224 e. The molecule has 0 radical (unpaired) electrons. The predicted molar refractivity (Wildman–Crippen MR) is 119 cm³/mol. The molecule has 0 heterocycles. The molecule has 0 fully saturated rings. The predicted octanol–water partition coefficient (Wildman–Crippen LogP) is 5.57. The molecule has 3 aromatic rings. The normalized spacial score (nSPS) is 10.4. The smallest absolute Gasteiger partial charge is 0.224 e. The van der Waals surface area contributed by atoms with Gasteiger partial charge in [-0.05, 0) is 53.9 Å². The summed E-state index contributed by atoms with van der Waals surface area (Å²) >= 11 is 1.80. The SMILES string of the molecule is COc1ccc(CCC(=O)Nc2ccc(CSc3ccccc3)cc2)cc1OC. The van der Waals surface area contributed by atoms with Crippen molar-refractivity contribution in [2.24, 2.45) is 0 Å². The van der Waals surface area contributed by atoms with E-state index in [2.05, 4.69) is 29.6 Å². The summed E-state index contributed by atoms with van der Waals surface area (Å²) < 4.78 is 10.6. The number of benzene rings is 3. The fraction of sp³-hybridized carbons (Fsp3) is 0.208. The number of aryl methyl sites for hydroxylation is 1. The fourth-order valence-electron chi connectivity index (χ4n) is 2.89. The minimum absolute atomic E-state index is 0.00815. The van der Waals surface area contributed by atoms with Crippen molar-refractivity contribution in [3.05, 3.63) is 83.9 Å². The maximum atomic E-state index is 12.3. The van der Waals surface area contributed by atoms with Crippen LogP contribution in [-0.4, -0.2) is 20.1 Å². The lowest BCUT2D eigenvalue weighted by Crippen LogP contribution is -2.12. The van der Waals surface area contributed by atoms with E-state index >= 15 is 0 Å². The van der Waals surface area contributed by atoms with Crippen molar-refractivity contribution >= 4 is 23.4 Å². The van der Waals surface area contributed by atoms with Crippen LogP contribution in [0.25, 0.3) is 0 Å². The number of carbonyl (C=O) groups is 1. The van der Waals surface area contributed by atoms with E-state index in [4.69, 9.17) is 9.47 Å². The zero-order chi connectivity index (χ0) is 20.5. The first-order valence-electron chi connectivity index (χ1n) is 9.45. The van der Waals surface area contributed by atoms with Crippen LogP contribution in [0.15, 0.2) is 77.7 Å². The van der Waals surface area contributed by atoms with Crippen LogP contribution in [0.3, 0.4) is 0 Å². The quantitative estimate of drug-likeness (QED) is 0.471. The molecule has 29 heavy (non-hydrogen) atoms. The number of anilines is 1. The number of hydrogen-bond acceptors (Lipinski definition) is 4.